The molecular weight excluding hydrogens is 422 g/mol. The molecule has 0 saturated carbocycles. The van der Waals surface area contributed by atoms with Gasteiger partial charge in [-0.2, -0.15) is 0 Å². The van der Waals surface area contributed by atoms with Gasteiger partial charge >= 0.3 is 11.6 Å². The lowest BCUT2D eigenvalue weighted by atomic mass is 9.81. The minimum Gasteiger partial charge on any atom is -0.481 e. The normalized spacial score (nSPS) is 19.3. The molecule has 2 heterocycles. The van der Waals surface area contributed by atoms with Crippen LogP contribution in [-0.2, 0) is 14.4 Å². The van der Waals surface area contributed by atoms with Gasteiger partial charge in [0.2, 0.25) is 5.91 Å². The van der Waals surface area contributed by atoms with Gasteiger partial charge in [-0.1, -0.05) is 36.4 Å². The van der Waals surface area contributed by atoms with Gasteiger partial charge in [0.25, 0.3) is 0 Å². The topological polar surface area (TPSA) is 105 Å². The van der Waals surface area contributed by atoms with Gasteiger partial charge in [0, 0.05) is 30.1 Å². The quantitative estimate of drug-likeness (QED) is 0.363. The predicted molar refractivity (Wildman–Crippen MR) is 123 cm³/mol. The number of carbonyl (C=O) groups is 3. The maximum Gasteiger partial charge on any atom is 0.336 e. The van der Waals surface area contributed by atoms with Crippen LogP contribution in [0.25, 0.3) is 22.1 Å². The Hall–Kier alpha value is -3.74. The summed E-state index contributed by atoms with van der Waals surface area (Å²) < 4.78 is 5.41. The molecule has 0 aliphatic carbocycles. The first-order valence-electron chi connectivity index (χ1n) is 10.8. The van der Waals surface area contributed by atoms with Crippen molar-refractivity contribution in [3.63, 3.8) is 0 Å². The Balaban J connectivity index is 1.72. The van der Waals surface area contributed by atoms with Crippen LogP contribution in [0.3, 0.4) is 0 Å². The average Bonchev–Trinajstić information content (AvgIpc) is 2.79. The van der Waals surface area contributed by atoms with E-state index in [-0.39, 0.29) is 12.1 Å². The van der Waals surface area contributed by atoms with E-state index < -0.39 is 28.8 Å². The number of likely N-dealkylation sites (tertiary alicyclic amines) is 1. The standard InChI is InChI=1S/C26H25NO6/c1-16-6-3-4-7-18(16)20-13-23(29)33-22-12-17(8-9-19(20)22)21(14-28)24(30)27-11-5-10-26(2,15-27)25(31)32/h3-4,6-9,12-14,21H,5,10-11,15H2,1-2H3,(H,31,32). The molecule has 1 amide bonds. The molecule has 1 saturated heterocycles. The summed E-state index contributed by atoms with van der Waals surface area (Å²) in [4.78, 5) is 50.5. The van der Waals surface area contributed by atoms with Gasteiger partial charge in [0.1, 0.15) is 17.8 Å². The van der Waals surface area contributed by atoms with Gasteiger partial charge in [0.05, 0.1) is 5.41 Å². The van der Waals surface area contributed by atoms with E-state index in [4.69, 9.17) is 4.42 Å². The van der Waals surface area contributed by atoms with Gasteiger partial charge < -0.3 is 19.2 Å². The van der Waals surface area contributed by atoms with Gasteiger partial charge in [-0.3, -0.25) is 9.59 Å². The zero-order valence-corrected chi connectivity index (χ0v) is 18.5. The van der Waals surface area contributed by atoms with Crippen molar-refractivity contribution in [1.29, 1.82) is 0 Å². The number of hydrogen-bond acceptors (Lipinski definition) is 5. The van der Waals surface area contributed by atoms with Crippen LogP contribution in [0.5, 0.6) is 0 Å². The minimum absolute atomic E-state index is 0.0472. The van der Waals surface area contributed by atoms with Gasteiger partial charge in [-0.25, -0.2) is 4.79 Å². The molecule has 2 atom stereocenters. The first-order valence-corrected chi connectivity index (χ1v) is 10.8. The maximum atomic E-state index is 13.2. The van der Waals surface area contributed by atoms with Crippen molar-refractivity contribution in [1.82, 2.24) is 4.90 Å². The summed E-state index contributed by atoms with van der Waals surface area (Å²) >= 11 is 0. The summed E-state index contributed by atoms with van der Waals surface area (Å²) in [5, 5.41) is 10.2. The Morgan fingerprint density at radius 1 is 1.15 bits per heavy atom. The van der Waals surface area contributed by atoms with Crippen LogP contribution in [0, 0.1) is 12.3 Å². The number of amides is 1. The fraction of sp³-hybridized carbons (Fsp3) is 0.308. The largest absolute Gasteiger partial charge is 0.481 e. The smallest absolute Gasteiger partial charge is 0.336 e. The summed E-state index contributed by atoms with van der Waals surface area (Å²) in [5.74, 6) is -2.52. The summed E-state index contributed by atoms with van der Waals surface area (Å²) in [7, 11) is 0. The third kappa shape index (κ3) is 4.18. The Labute approximate surface area is 190 Å². The molecule has 170 valence electrons. The Kier molecular flexibility index (Phi) is 5.89. The van der Waals surface area contributed by atoms with Gasteiger partial charge in [-0.15, -0.1) is 0 Å². The lowest BCUT2D eigenvalue weighted by molar-refractivity contribution is -0.153. The first kappa shape index (κ1) is 22.5. The number of rotatable bonds is 5. The van der Waals surface area contributed by atoms with E-state index in [1.807, 2.05) is 31.2 Å². The molecule has 0 spiro atoms. The minimum atomic E-state index is -1.11. The number of hydrogen-bond donors (Lipinski definition) is 1. The van der Waals surface area contributed by atoms with Crippen molar-refractivity contribution >= 4 is 29.1 Å². The fourth-order valence-corrected chi connectivity index (χ4v) is 4.55. The molecule has 7 nitrogen and oxygen atoms in total. The highest BCUT2D eigenvalue weighted by Crippen LogP contribution is 2.34. The number of benzene rings is 2. The summed E-state index contributed by atoms with van der Waals surface area (Å²) in [5.41, 5.74) is 1.73. The summed E-state index contributed by atoms with van der Waals surface area (Å²) in [6.45, 7) is 4.01. The molecule has 2 unspecified atom stereocenters. The molecule has 0 bridgehead atoms. The highest BCUT2D eigenvalue weighted by atomic mass is 16.4. The molecule has 0 radical (unpaired) electrons. The Bertz CT molecular complexity index is 1310. The number of piperidine rings is 1. The molecule has 1 aliphatic rings. The van der Waals surface area contributed by atoms with Gasteiger partial charge in [-0.05, 0) is 49.4 Å². The summed E-state index contributed by atoms with van der Waals surface area (Å²) in [6, 6.07) is 14.1. The maximum absolute atomic E-state index is 13.2. The number of carboxylic acid groups (broad SMARTS) is 1. The third-order valence-electron chi connectivity index (χ3n) is 6.49. The van der Waals surface area contributed by atoms with Crippen molar-refractivity contribution in [2.24, 2.45) is 5.41 Å². The molecule has 1 aromatic heterocycles. The third-order valence-corrected chi connectivity index (χ3v) is 6.49. The van der Waals surface area contributed by atoms with E-state index in [0.717, 1.165) is 11.1 Å². The van der Waals surface area contributed by atoms with Gasteiger partial charge in [0.15, 0.2) is 0 Å². The number of nitrogens with zero attached hydrogens (tertiary/aromatic N) is 1. The zero-order valence-electron chi connectivity index (χ0n) is 18.5. The van der Waals surface area contributed by atoms with Crippen LogP contribution in [0.2, 0.25) is 0 Å². The number of carbonyl (C=O) groups excluding carboxylic acids is 2. The molecule has 1 aliphatic heterocycles. The van der Waals surface area contributed by atoms with Crippen LogP contribution >= 0.6 is 0 Å². The van der Waals surface area contributed by atoms with E-state index in [0.29, 0.717) is 42.2 Å². The molecule has 1 fully saturated rings. The molecule has 1 N–H and O–H groups in total. The van der Waals surface area contributed by atoms with Crippen LogP contribution in [0.1, 0.15) is 36.8 Å². The predicted octanol–water partition coefficient (Wildman–Crippen LogP) is 3.76. The van der Waals surface area contributed by atoms with E-state index >= 15 is 0 Å². The number of aryl methyl sites for hydroxylation is 1. The van der Waals surface area contributed by atoms with Crippen molar-refractivity contribution in [3.05, 3.63) is 70.1 Å². The highest BCUT2D eigenvalue weighted by Gasteiger charge is 2.41. The fourth-order valence-electron chi connectivity index (χ4n) is 4.55. The van der Waals surface area contributed by atoms with Crippen molar-refractivity contribution < 1.29 is 23.9 Å². The summed E-state index contributed by atoms with van der Waals surface area (Å²) in [6.07, 6.45) is 1.58. The van der Waals surface area contributed by atoms with E-state index in [1.54, 1.807) is 25.1 Å². The van der Waals surface area contributed by atoms with Crippen LogP contribution in [-0.4, -0.2) is 41.3 Å². The molecule has 4 rings (SSSR count). The van der Waals surface area contributed by atoms with Crippen LogP contribution in [0.4, 0.5) is 0 Å². The second-order valence-corrected chi connectivity index (χ2v) is 8.89. The van der Waals surface area contributed by atoms with Crippen LogP contribution in [0.15, 0.2) is 57.7 Å². The molecule has 3 aromatic rings. The first-order chi connectivity index (χ1) is 15.7. The second kappa shape index (κ2) is 8.65. The number of aliphatic carboxylic acids is 1. The lowest BCUT2D eigenvalue weighted by Crippen LogP contribution is -2.49. The van der Waals surface area contributed by atoms with E-state index in [2.05, 4.69) is 0 Å². The van der Waals surface area contributed by atoms with Crippen LogP contribution < -0.4 is 5.63 Å². The van der Waals surface area contributed by atoms with E-state index in [9.17, 15) is 24.3 Å². The Morgan fingerprint density at radius 2 is 1.91 bits per heavy atom. The average molecular weight is 447 g/mol. The Morgan fingerprint density at radius 3 is 2.61 bits per heavy atom. The molecular formula is C26H25NO6. The highest BCUT2D eigenvalue weighted by molar-refractivity contribution is 6.00. The molecule has 2 aromatic carbocycles. The lowest BCUT2D eigenvalue weighted by Gasteiger charge is -2.38. The second-order valence-electron chi connectivity index (χ2n) is 8.89. The van der Waals surface area contributed by atoms with E-state index in [1.165, 1.54) is 11.0 Å². The molecule has 7 heteroatoms. The SMILES string of the molecule is Cc1ccccc1-c1cc(=O)oc2cc(C(C=O)C(=O)N3CCCC(C)(C(=O)O)C3)ccc12. The number of fused-ring (bicyclic) bond motifs is 1. The number of aldehydes is 1. The number of carboxylic acids is 1. The van der Waals surface area contributed by atoms with Crippen molar-refractivity contribution in [2.45, 2.75) is 32.6 Å². The zero-order chi connectivity index (χ0) is 23.8. The van der Waals surface area contributed by atoms with Crippen molar-refractivity contribution in [3.8, 4) is 11.1 Å². The monoisotopic (exact) mass is 447 g/mol. The van der Waals surface area contributed by atoms with Crippen molar-refractivity contribution in [2.75, 3.05) is 13.1 Å². The molecule has 33 heavy (non-hydrogen) atoms.